The van der Waals surface area contributed by atoms with Gasteiger partial charge in [-0.3, -0.25) is 4.98 Å². The van der Waals surface area contributed by atoms with Gasteiger partial charge in [-0.1, -0.05) is 62.2 Å². The smallest absolute Gasteiger partial charge is 0.245 e. The maximum Gasteiger partial charge on any atom is 0.245 e. The van der Waals surface area contributed by atoms with Crippen LogP contribution in [0.15, 0.2) is 84.0 Å². The first-order valence-electron chi connectivity index (χ1n) is 11.5. The fourth-order valence-electron chi connectivity index (χ4n) is 4.14. The fraction of sp³-hybridized carbons (Fsp3) is 0.296. The van der Waals surface area contributed by atoms with Crippen LogP contribution in [-0.2, 0) is 23.1 Å². The first kappa shape index (κ1) is 23.2. The molecule has 4 aromatic rings. The summed E-state index contributed by atoms with van der Waals surface area (Å²) in [4.78, 5) is 4.67. The zero-order valence-corrected chi connectivity index (χ0v) is 20.1. The number of aromatic nitrogens is 2. The van der Waals surface area contributed by atoms with E-state index in [1.54, 1.807) is 22.6 Å². The molecule has 0 aliphatic rings. The lowest BCUT2D eigenvalue weighted by molar-refractivity contribution is 0.385. The molecule has 6 heteroatoms. The number of unbranched alkanes of at least 4 members (excludes halogenated alkanes) is 2. The molecule has 0 unspecified atom stereocenters. The molecular formula is C27H31N3O2S. The number of aryl methyl sites for hydroxylation is 1. The third-order valence-corrected chi connectivity index (χ3v) is 7.97. The van der Waals surface area contributed by atoms with Crippen LogP contribution in [0.3, 0.4) is 0 Å². The number of nitrogens with zero attached hydrogens (tertiary/aromatic N) is 3. The Kier molecular flexibility index (Phi) is 7.26. The summed E-state index contributed by atoms with van der Waals surface area (Å²) in [5.74, 6) is 0. The van der Waals surface area contributed by atoms with Gasteiger partial charge in [0.1, 0.15) is 4.90 Å². The topological polar surface area (TPSA) is 55.2 Å². The van der Waals surface area contributed by atoms with E-state index in [4.69, 9.17) is 0 Å². The predicted molar refractivity (Wildman–Crippen MR) is 134 cm³/mol. The average Bonchev–Trinajstić information content (AvgIpc) is 3.26. The van der Waals surface area contributed by atoms with Gasteiger partial charge in [-0.05, 0) is 48.7 Å². The minimum absolute atomic E-state index is 0.272. The summed E-state index contributed by atoms with van der Waals surface area (Å²) >= 11 is 0. The molecule has 0 spiro atoms. The van der Waals surface area contributed by atoms with Gasteiger partial charge in [0.05, 0.1) is 12.1 Å². The van der Waals surface area contributed by atoms with Crippen molar-refractivity contribution in [1.29, 1.82) is 0 Å². The molecule has 0 saturated carbocycles. The van der Waals surface area contributed by atoms with Gasteiger partial charge in [-0.25, -0.2) is 8.42 Å². The van der Waals surface area contributed by atoms with E-state index in [0.717, 1.165) is 30.3 Å². The van der Waals surface area contributed by atoms with E-state index in [0.29, 0.717) is 25.2 Å². The number of rotatable bonds is 10. The Morgan fingerprint density at radius 2 is 1.76 bits per heavy atom. The van der Waals surface area contributed by atoms with Gasteiger partial charge in [-0.15, -0.1) is 0 Å². The van der Waals surface area contributed by atoms with E-state index in [1.165, 1.54) is 11.1 Å². The maximum absolute atomic E-state index is 13.9. The molecule has 0 atom stereocenters. The molecule has 2 aromatic carbocycles. The minimum Gasteiger partial charge on any atom is -0.346 e. The number of hydrogen-bond donors (Lipinski definition) is 0. The first-order chi connectivity index (χ1) is 16.0. The van der Waals surface area contributed by atoms with Crippen molar-refractivity contribution in [3.63, 3.8) is 0 Å². The van der Waals surface area contributed by atoms with Crippen LogP contribution >= 0.6 is 0 Å². The molecule has 2 aromatic heterocycles. The Hall–Kier alpha value is -2.96. The number of pyridine rings is 1. The van der Waals surface area contributed by atoms with Crippen LogP contribution in [0.1, 0.15) is 43.0 Å². The van der Waals surface area contributed by atoms with Gasteiger partial charge >= 0.3 is 0 Å². The van der Waals surface area contributed by atoms with Crippen molar-refractivity contribution in [3.8, 4) is 0 Å². The second kappa shape index (κ2) is 10.3. The molecule has 0 bridgehead atoms. The Labute approximate surface area is 196 Å². The number of benzene rings is 2. The van der Waals surface area contributed by atoms with Crippen molar-refractivity contribution in [2.24, 2.45) is 0 Å². The van der Waals surface area contributed by atoms with Crippen LogP contribution in [0, 0.1) is 6.92 Å². The van der Waals surface area contributed by atoms with Crippen LogP contribution in [0.25, 0.3) is 10.9 Å². The first-order valence-corrected chi connectivity index (χ1v) is 13.0. The van der Waals surface area contributed by atoms with E-state index in [9.17, 15) is 8.42 Å². The Morgan fingerprint density at radius 3 is 2.58 bits per heavy atom. The number of fused-ring (bicyclic) bond motifs is 1. The lowest BCUT2D eigenvalue weighted by Crippen LogP contribution is -2.32. The van der Waals surface area contributed by atoms with E-state index in [-0.39, 0.29) is 4.90 Å². The highest BCUT2D eigenvalue weighted by Crippen LogP contribution is 2.26. The van der Waals surface area contributed by atoms with E-state index in [2.05, 4.69) is 35.5 Å². The minimum atomic E-state index is -3.72. The molecule has 33 heavy (non-hydrogen) atoms. The second-order valence-corrected chi connectivity index (χ2v) is 10.3. The molecule has 0 aliphatic carbocycles. The van der Waals surface area contributed by atoms with Gasteiger partial charge < -0.3 is 4.57 Å². The Morgan fingerprint density at radius 1 is 0.939 bits per heavy atom. The summed E-state index contributed by atoms with van der Waals surface area (Å²) in [5.41, 5.74) is 3.96. The summed E-state index contributed by atoms with van der Waals surface area (Å²) in [6, 6.07) is 21.4. The van der Waals surface area contributed by atoms with Crippen molar-refractivity contribution in [2.75, 3.05) is 6.54 Å². The molecule has 0 radical (unpaired) electrons. The van der Waals surface area contributed by atoms with Crippen LogP contribution in [0.5, 0.6) is 0 Å². The molecule has 4 rings (SSSR count). The van der Waals surface area contributed by atoms with Crippen molar-refractivity contribution >= 4 is 20.9 Å². The van der Waals surface area contributed by atoms with Crippen LogP contribution < -0.4 is 0 Å². The molecule has 172 valence electrons. The summed E-state index contributed by atoms with van der Waals surface area (Å²) < 4.78 is 31.5. The lowest BCUT2D eigenvalue weighted by atomic mass is 10.1. The standard InChI is InChI=1S/C27H31N3O2S/c1-3-4-7-19-30(33(31,32)26-16-8-13-23-14-9-17-28-27(23)26)21-25-15-10-18-29(25)20-24-12-6-5-11-22(24)2/h5-6,8-18H,3-4,7,19-21H2,1-2H3. The summed E-state index contributed by atoms with van der Waals surface area (Å²) in [6.07, 6.45) is 6.53. The lowest BCUT2D eigenvalue weighted by Gasteiger charge is -2.24. The van der Waals surface area contributed by atoms with Crippen molar-refractivity contribution < 1.29 is 8.42 Å². The van der Waals surface area contributed by atoms with Crippen molar-refractivity contribution in [1.82, 2.24) is 13.9 Å². The molecule has 0 aliphatic heterocycles. The highest BCUT2D eigenvalue weighted by atomic mass is 32.2. The molecular weight excluding hydrogens is 430 g/mol. The van der Waals surface area contributed by atoms with E-state index >= 15 is 0 Å². The molecule has 5 nitrogen and oxygen atoms in total. The van der Waals surface area contributed by atoms with Gasteiger partial charge in [0.2, 0.25) is 10.0 Å². The monoisotopic (exact) mass is 461 g/mol. The highest BCUT2D eigenvalue weighted by Gasteiger charge is 2.27. The Bertz CT molecular complexity index is 1320. The quantitative estimate of drug-likeness (QED) is 0.282. The fourth-order valence-corrected chi connectivity index (χ4v) is 5.76. The second-order valence-electron chi connectivity index (χ2n) is 8.43. The van der Waals surface area contributed by atoms with Crippen molar-refractivity contribution in [2.45, 2.75) is 51.1 Å². The number of hydrogen-bond acceptors (Lipinski definition) is 3. The van der Waals surface area contributed by atoms with Gasteiger partial charge in [0, 0.05) is 36.6 Å². The average molecular weight is 462 g/mol. The zero-order chi connectivity index (χ0) is 23.3. The summed E-state index contributed by atoms with van der Waals surface area (Å²) in [6.45, 7) is 5.76. The largest absolute Gasteiger partial charge is 0.346 e. The summed E-state index contributed by atoms with van der Waals surface area (Å²) in [5, 5.41) is 0.829. The molecule has 0 saturated heterocycles. The zero-order valence-electron chi connectivity index (χ0n) is 19.3. The molecule has 2 heterocycles. The predicted octanol–water partition coefficient (Wildman–Crippen LogP) is 5.77. The van der Waals surface area contributed by atoms with Crippen molar-refractivity contribution in [3.05, 3.63) is 95.9 Å². The van der Waals surface area contributed by atoms with E-state index in [1.807, 2.05) is 48.7 Å². The Balaban J connectivity index is 1.68. The van der Waals surface area contributed by atoms with Gasteiger partial charge in [0.15, 0.2) is 0 Å². The SMILES string of the molecule is CCCCCN(Cc1cccn1Cc1ccccc1C)S(=O)(=O)c1cccc2cccnc12. The van der Waals surface area contributed by atoms with Crippen LogP contribution in [0.4, 0.5) is 0 Å². The normalized spacial score (nSPS) is 12.0. The maximum atomic E-state index is 13.9. The van der Waals surface area contributed by atoms with Gasteiger partial charge in [-0.2, -0.15) is 4.31 Å². The van der Waals surface area contributed by atoms with Gasteiger partial charge in [0.25, 0.3) is 0 Å². The summed E-state index contributed by atoms with van der Waals surface area (Å²) in [7, 11) is -3.72. The molecule has 0 amide bonds. The molecule has 0 fully saturated rings. The highest BCUT2D eigenvalue weighted by molar-refractivity contribution is 7.89. The number of para-hydroxylation sites is 1. The van der Waals surface area contributed by atoms with Crippen LogP contribution in [-0.4, -0.2) is 28.8 Å². The molecule has 0 N–H and O–H groups in total. The third-order valence-electron chi connectivity index (χ3n) is 6.09. The number of sulfonamides is 1. The third kappa shape index (κ3) is 5.18. The van der Waals surface area contributed by atoms with E-state index < -0.39 is 10.0 Å². The van der Waals surface area contributed by atoms with Crippen LogP contribution in [0.2, 0.25) is 0 Å².